The van der Waals surface area contributed by atoms with Gasteiger partial charge in [-0.1, -0.05) is 24.6 Å². The molecule has 0 saturated carbocycles. The molecule has 0 aromatic heterocycles. The number of carbonyl (C=O) groups is 2. The standard InChI is InChI=1S/C16H22N2O3/c1-21-16(20)11-14-9-5-6-10-18(14)12-15(19)17-13-7-3-2-4-8-13/h2-4,7-8,14H,5-6,9-12H2,1H3,(H,17,19)/t14-/m1/s1. The summed E-state index contributed by atoms with van der Waals surface area (Å²) in [7, 11) is 1.40. The van der Waals surface area contributed by atoms with Crippen molar-refractivity contribution in [2.24, 2.45) is 0 Å². The van der Waals surface area contributed by atoms with Crippen LogP contribution in [0.1, 0.15) is 25.7 Å². The van der Waals surface area contributed by atoms with Crippen LogP contribution in [0.3, 0.4) is 0 Å². The summed E-state index contributed by atoms with van der Waals surface area (Å²) in [5.74, 6) is -0.256. The average molecular weight is 290 g/mol. The zero-order valence-corrected chi connectivity index (χ0v) is 12.4. The van der Waals surface area contributed by atoms with Gasteiger partial charge in [0.25, 0.3) is 0 Å². The topological polar surface area (TPSA) is 58.6 Å². The van der Waals surface area contributed by atoms with Gasteiger partial charge in [-0.05, 0) is 31.5 Å². The lowest BCUT2D eigenvalue weighted by Gasteiger charge is -2.34. The molecule has 1 aliphatic heterocycles. The van der Waals surface area contributed by atoms with Crippen molar-refractivity contribution in [2.45, 2.75) is 31.7 Å². The third-order valence-electron chi connectivity index (χ3n) is 3.78. The van der Waals surface area contributed by atoms with E-state index in [9.17, 15) is 9.59 Å². The van der Waals surface area contributed by atoms with Crippen molar-refractivity contribution < 1.29 is 14.3 Å². The van der Waals surface area contributed by atoms with Crippen molar-refractivity contribution in [3.8, 4) is 0 Å². The molecule has 0 radical (unpaired) electrons. The first-order valence-corrected chi connectivity index (χ1v) is 7.35. The van der Waals surface area contributed by atoms with Gasteiger partial charge in [-0.15, -0.1) is 0 Å². The zero-order valence-electron chi connectivity index (χ0n) is 12.4. The molecule has 1 fully saturated rings. The minimum absolute atomic E-state index is 0.0436. The Bertz CT molecular complexity index is 476. The summed E-state index contributed by atoms with van der Waals surface area (Å²) in [6.45, 7) is 1.17. The second-order valence-electron chi connectivity index (χ2n) is 5.31. The number of methoxy groups -OCH3 is 1. The van der Waals surface area contributed by atoms with E-state index in [0.29, 0.717) is 13.0 Å². The summed E-state index contributed by atoms with van der Waals surface area (Å²) in [5.41, 5.74) is 0.795. The first-order chi connectivity index (χ1) is 10.2. The molecule has 5 heteroatoms. The van der Waals surface area contributed by atoms with Crippen molar-refractivity contribution in [3.05, 3.63) is 30.3 Å². The van der Waals surface area contributed by atoms with Crippen molar-refractivity contribution in [1.82, 2.24) is 4.90 Å². The van der Waals surface area contributed by atoms with E-state index in [2.05, 4.69) is 10.2 Å². The van der Waals surface area contributed by atoms with Gasteiger partial charge < -0.3 is 10.1 Å². The SMILES string of the molecule is COC(=O)C[C@H]1CCCCN1CC(=O)Nc1ccccc1. The maximum absolute atomic E-state index is 12.1. The fourth-order valence-corrected chi connectivity index (χ4v) is 2.68. The van der Waals surface area contributed by atoms with Crippen LogP contribution < -0.4 is 5.32 Å². The van der Waals surface area contributed by atoms with E-state index in [1.165, 1.54) is 7.11 Å². The van der Waals surface area contributed by atoms with Crippen molar-refractivity contribution >= 4 is 17.6 Å². The quantitative estimate of drug-likeness (QED) is 0.843. The second-order valence-corrected chi connectivity index (χ2v) is 5.31. The molecule has 5 nitrogen and oxygen atoms in total. The summed E-state index contributed by atoms with van der Waals surface area (Å²) in [4.78, 5) is 25.6. The number of ether oxygens (including phenoxy) is 1. The number of hydrogen-bond acceptors (Lipinski definition) is 4. The van der Waals surface area contributed by atoms with Gasteiger partial charge in [-0.2, -0.15) is 0 Å². The molecule has 1 heterocycles. The first-order valence-electron chi connectivity index (χ1n) is 7.35. The van der Waals surface area contributed by atoms with Crippen molar-refractivity contribution in [3.63, 3.8) is 0 Å². The van der Waals surface area contributed by atoms with E-state index in [4.69, 9.17) is 4.74 Å². The number of nitrogens with one attached hydrogen (secondary N) is 1. The molecule has 1 saturated heterocycles. The summed E-state index contributed by atoms with van der Waals surface area (Å²) in [6.07, 6.45) is 3.46. The number of carbonyl (C=O) groups excluding carboxylic acids is 2. The molecule has 114 valence electrons. The van der Waals surface area contributed by atoms with Crippen LogP contribution in [-0.2, 0) is 14.3 Å². The number of anilines is 1. The highest BCUT2D eigenvalue weighted by Crippen LogP contribution is 2.20. The van der Waals surface area contributed by atoms with Gasteiger partial charge in [0, 0.05) is 11.7 Å². The number of likely N-dealkylation sites (tertiary alicyclic amines) is 1. The molecular weight excluding hydrogens is 268 g/mol. The highest BCUT2D eigenvalue weighted by molar-refractivity contribution is 5.92. The van der Waals surface area contributed by atoms with Crippen LogP contribution in [0, 0.1) is 0 Å². The molecule has 1 aromatic carbocycles. The average Bonchev–Trinajstić information content (AvgIpc) is 2.50. The van der Waals surface area contributed by atoms with Crippen LogP contribution in [0.2, 0.25) is 0 Å². The molecular formula is C16H22N2O3. The van der Waals surface area contributed by atoms with E-state index in [1.54, 1.807) is 0 Å². The van der Waals surface area contributed by atoms with Crippen LogP contribution in [0.5, 0.6) is 0 Å². The molecule has 1 aromatic rings. The molecule has 21 heavy (non-hydrogen) atoms. The zero-order chi connectivity index (χ0) is 15.1. The monoisotopic (exact) mass is 290 g/mol. The highest BCUT2D eigenvalue weighted by atomic mass is 16.5. The van der Waals surface area contributed by atoms with Crippen LogP contribution in [0.15, 0.2) is 30.3 Å². The smallest absolute Gasteiger partial charge is 0.307 e. The minimum Gasteiger partial charge on any atom is -0.469 e. The predicted octanol–water partition coefficient (Wildman–Crippen LogP) is 2.04. The number of para-hydroxylation sites is 1. The predicted molar refractivity (Wildman–Crippen MR) is 80.9 cm³/mol. The maximum Gasteiger partial charge on any atom is 0.307 e. The number of piperidine rings is 1. The Hall–Kier alpha value is -1.88. The molecule has 1 amide bonds. The van der Waals surface area contributed by atoms with Gasteiger partial charge >= 0.3 is 5.97 Å². The lowest BCUT2D eigenvalue weighted by Crippen LogP contribution is -2.45. The van der Waals surface area contributed by atoms with Crippen molar-refractivity contribution in [1.29, 1.82) is 0 Å². The number of hydrogen-bond donors (Lipinski definition) is 1. The van der Waals surface area contributed by atoms with Gasteiger partial charge in [-0.25, -0.2) is 0 Å². The number of amides is 1. The van der Waals surface area contributed by atoms with Gasteiger partial charge in [0.2, 0.25) is 5.91 Å². The van der Waals surface area contributed by atoms with Gasteiger partial charge in [-0.3, -0.25) is 14.5 Å². The third kappa shape index (κ3) is 4.86. The molecule has 0 bridgehead atoms. The first kappa shape index (κ1) is 15.5. The Kier molecular flexibility index (Phi) is 5.75. The van der Waals surface area contributed by atoms with Gasteiger partial charge in [0.15, 0.2) is 0 Å². The third-order valence-corrected chi connectivity index (χ3v) is 3.78. The fraction of sp³-hybridized carbons (Fsp3) is 0.500. The Morgan fingerprint density at radius 2 is 2.05 bits per heavy atom. The van der Waals surface area contributed by atoms with Crippen LogP contribution in [-0.4, -0.2) is 43.0 Å². The normalized spacial score (nSPS) is 19.0. The lowest BCUT2D eigenvalue weighted by atomic mass is 9.99. The molecule has 0 aliphatic carbocycles. The highest BCUT2D eigenvalue weighted by Gasteiger charge is 2.26. The van der Waals surface area contributed by atoms with Gasteiger partial charge in [0.05, 0.1) is 20.1 Å². The van der Waals surface area contributed by atoms with Crippen molar-refractivity contribution in [2.75, 3.05) is 25.5 Å². The Morgan fingerprint density at radius 3 is 2.76 bits per heavy atom. The summed E-state index contributed by atoms with van der Waals surface area (Å²) in [5, 5.41) is 2.88. The molecule has 1 N–H and O–H groups in total. The van der Waals surface area contributed by atoms with Gasteiger partial charge in [0.1, 0.15) is 0 Å². The number of benzene rings is 1. The van der Waals surface area contributed by atoms with Crippen LogP contribution >= 0.6 is 0 Å². The molecule has 0 unspecified atom stereocenters. The van der Waals surface area contributed by atoms with E-state index in [1.807, 2.05) is 30.3 Å². The van der Waals surface area contributed by atoms with E-state index >= 15 is 0 Å². The Balaban J connectivity index is 1.89. The maximum atomic E-state index is 12.1. The Labute approximate surface area is 125 Å². The summed E-state index contributed by atoms with van der Waals surface area (Å²) >= 11 is 0. The summed E-state index contributed by atoms with van der Waals surface area (Å²) < 4.78 is 4.74. The largest absolute Gasteiger partial charge is 0.469 e. The number of rotatable bonds is 5. The molecule has 1 aliphatic rings. The molecule has 0 spiro atoms. The number of nitrogens with zero attached hydrogens (tertiary/aromatic N) is 1. The number of esters is 1. The van der Waals surface area contributed by atoms with E-state index < -0.39 is 0 Å². The second kappa shape index (κ2) is 7.78. The Morgan fingerprint density at radius 1 is 1.29 bits per heavy atom. The van der Waals surface area contributed by atoms with Crippen LogP contribution in [0.25, 0.3) is 0 Å². The lowest BCUT2D eigenvalue weighted by molar-refractivity contribution is -0.142. The van der Waals surface area contributed by atoms with E-state index in [0.717, 1.165) is 31.5 Å². The summed E-state index contributed by atoms with van der Waals surface area (Å²) in [6, 6.07) is 9.51. The minimum atomic E-state index is -0.213. The van der Waals surface area contributed by atoms with E-state index in [-0.39, 0.29) is 17.9 Å². The molecule has 2 rings (SSSR count). The van der Waals surface area contributed by atoms with Crippen LogP contribution in [0.4, 0.5) is 5.69 Å². The molecule has 1 atom stereocenters. The fourth-order valence-electron chi connectivity index (χ4n) is 2.68.